The van der Waals surface area contributed by atoms with Crippen LogP contribution < -0.4 is 10.0 Å². The van der Waals surface area contributed by atoms with Crippen LogP contribution in [0.1, 0.15) is 35.0 Å². The van der Waals surface area contributed by atoms with E-state index in [0.29, 0.717) is 22.9 Å². The summed E-state index contributed by atoms with van der Waals surface area (Å²) in [5, 5.41) is 4.02. The average molecular weight is 398 g/mol. The van der Waals surface area contributed by atoms with Crippen molar-refractivity contribution < 1.29 is 13.2 Å². The number of carbonyl (C=O) groups excluding carboxylic acids is 1. The minimum Gasteiger partial charge on any atom is -0.358 e. The lowest BCUT2D eigenvalue weighted by atomic mass is 9.87. The Balaban J connectivity index is 1.59. The fourth-order valence-electron chi connectivity index (χ4n) is 3.84. The van der Waals surface area contributed by atoms with Gasteiger partial charge in [0.25, 0.3) is 5.91 Å². The molecule has 1 heterocycles. The van der Waals surface area contributed by atoms with Gasteiger partial charge in [0.2, 0.25) is 10.0 Å². The Bertz CT molecular complexity index is 1150. The summed E-state index contributed by atoms with van der Waals surface area (Å²) in [4.78, 5) is 16.3. The number of nitrogens with one attached hydrogen (secondary N) is 3. The van der Waals surface area contributed by atoms with E-state index in [-0.39, 0.29) is 5.91 Å². The number of hydrogen-bond donors (Lipinski definition) is 3. The van der Waals surface area contributed by atoms with E-state index < -0.39 is 10.0 Å². The Kier molecular flexibility index (Phi) is 4.63. The van der Waals surface area contributed by atoms with Crippen molar-refractivity contribution in [1.29, 1.82) is 0 Å². The zero-order valence-electron chi connectivity index (χ0n) is 15.9. The van der Waals surface area contributed by atoms with Gasteiger partial charge in [0.1, 0.15) is 0 Å². The van der Waals surface area contributed by atoms with E-state index >= 15 is 0 Å². The Labute approximate surface area is 164 Å². The highest BCUT2D eigenvalue weighted by Crippen LogP contribution is 2.33. The average Bonchev–Trinajstić information content (AvgIpc) is 3.00. The summed E-state index contributed by atoms with van der Waals surface area (Å²) in [5.74, 6) is 0.462. The van der Waals surface area contributed by atoms with Crippen molar-refractivity contribution in [1.82, 2.24) is 4.98 Å². The minimum atomic E-state index is -3.33. The third-order valence-corrected chi connectivity index (χ3v) is 5.77. The van der Waals surface area contributed by atoms with E-state index in [9.17, 15) is 13.2 Å². The smallest absolute Gasteiger partial charge is 0.257 e. The molecule has 7 heteroatoms. The summed E-state index contributed by atoms with van der Waals surface area (Å²) in [6, 6.07) is 12.4. The first kappa shape index (κ1) is 18.6. The van der Waals surface area contributed by atoms with Gasteiger partial charge in [-0.3, -0.25) is 9.52 Å². The first-order valence-electron chi connectivity index (χ1n) is 9.32. The van der Waals surface area contributed by atoms with Gasteiger partial charge in [0.05, 0.1) is 17.3 Å². The predicted molar refractivity (Wildman–Crippen MR) is 112 cm³/mol. The molecule has 0 radical (unpaired) electrons. The molecule has 2 aromatic carbocycles. The number of H-pyrrole nitrogens is 1. The molecular weight excluding hydrogens is 374 g/mol. The fourth-order valence-corrected chi connectivity index (χ4v) is 4.40. The molecule has 0 saturated heterocycles. The molecule has 0 bridgehead atoms. The zero-order chi connectivity index (χ0) is 19.9. The molecule has 1 aromatic heterocycles. The summed E-state index contributed by atoms with van der Waals surface area (Å²) in [7, 11) is -3.33. The third-order valence-electron chi connectivity index (χ3n) is 5.16. The van der Waals surface area contributed by atoms with Crippen LogP contribution in [0.5, 0.6) is 0 Å². The number of anilines is 2. The number of aromatic nitrogens is 1. The maximum Gasteiger partial charge on any atom is 0.257 e. The van der Waals surface area contributed by atoms with Crippen LogP contribution >= 0.6 is 0 Å². The Morgan fingerprint density at radius 2 is 1.82 bits per heavy atom. The van der Waals surface area contributed by atoms with Crippen molar-refractivity contribution in [2.24, 2.45) is 5.92 Å². The molecule has 0 spiro atoms. The van der Waals surface area contributed by atoms with E-state index in [1.54, 1.807) is 24.3 Å². The van der Waals surface area contributed by atoms with E-state index in [2.05, 4.69) is 28.0 Å². The monoisotopic (exact) mass is 397 g/mol. The molecule has 0 fully saturated rings. The van der Waals surface area contributed by atoms with Crippen molar-refractivity contribution in [2.75, 3.05) is 16.3 Å². The second-order valence-electron chi connectivity index (χ2n) is 7.56. The Morgan fingerprint density at radius 3 is 2.54 bits per heavy atom. The quantitative estimate of drug-likeness (QED) is 0.623. The van der Waals surface area contributed by atoms with E-state index in [1.165, 1.54) is 11.3 Å². The van der Waals surface area contributed by atoms with Crippen molar-refractivity contribution in [3.8, 4) is 0 Å². The van der Waals surface area contributed by atoms with E-state index in [0.717, 1.165) is 36.4 Å². The van der Waals surface area contributed by atoms with Crippen LogP contribution in [0.25, 0.3) is 10.9 Å². The number of hydrogen-bond acceptors (Lipinski definition) is 3. The zero-order valence-corrected chi connectivity index (χ0v) is 16.7. The Morgan fingerprint density at radius 1 is 1.11 bits per heavy atom. The molecule has 6 nitrogen and oxygen atoms in total. The van der Waals surface area contributed by atoms with Crippen LogP contribution in [0.2, 0.25) is 0 Å². The predicted octanol–water partition coefficient (Wildman–Crippen LogP) is 3.92. The first-order valence-corrected chi connectivity index (χ1v) is 11.2. The number of para-hydroxylation sites is 1. The number of carbonyl (C=O) groups is 1. The van der Waals surface area contributed by atoms with Gasteiger partial charge >= 0.3 is 0 Å². The van der Waals surface area contributed by atoms with Crippen molar-refractivity contribution in [2.45, 2.75) is 26.2 Å². The molecule has 1 amide bonds. The van der Waals surface area contributed by atoms with Crippen LogP contribution in [-0.2, 0) is 22.9 Å². The summed E-state index contributed by atoms with van der Waals surface area (Å²) >= 11 is 0. The van der Waals surface area contributed by atoms with E-state index in [1.807, 2.05) is 12.1 Å². The SMILES string of the molecule is CC1CCc2[nH]c3c(C(=O)Nc4ccc(NS(C)(=O)=O)cc4)cccc3c2C1. The van der Waals surface area contributed by atoms with Gasteiger partial charge < -0.3 is 10.3 Å². The van der Waals surface area contributed by atoms with Gasteiger partial charge in [-0.15, -0.1) is 0 Å². The van der Waals surface area contributed by atoms with Crippen molar-refractivity contribution in [3.63, 3.8) is 0 Å². The second kappa shape index (κ2) is 6.98. The maximum atomic E-state index is 12.9. The van der Waals surface area contributed by atoms with Gasteiger partial charge in [-0.1, -0.05) is 19.1 Å². The number of benzene rings is 2. The molecule has 1 aliphatic carbocycles. The maximum absolute atomic E-state index is 12.9. The van der Waals surface area contributed by atoms with Crippen molar-refractivity contribution >= 4 is 38.2 Å². The molecular formula is C21H23N3O3S. The fraction of sp³-hybridized carbons (Fsp3) is 0.286. The van der Waals surface area contributed by atoms with Gasteiger partial charge in [0.15, 0.2) is 0 Å². The second-order valence-corrected chi connectivity index (χ2v) is 9.31. The number of sulfonamides is 1. The lowest BCUT2D eigenvalue weighted by Gasteiger charge is -2.17. The highest BCUT2D eigenvalue weighted by Gasteiger charge is 2.22. The lowest BCUT2D eigenvalue weighted by molar-refractivity contribution is 0.102. The standard InChI is InChI=1S/C21H23N3O3S/c1-13-6-11-19-18(12-13)16-4-3-5-17(20(16)23-19)21(25)22-14-7-9-15(10-8-14)24-28(2,26)27/h3-5,7-10,13,23-24H,6,11-12H2,1-2H3,(H,22,25). The first-order chi connectivity index (χ1) is 13.3. The Hall–Kier alpha value is -2.80. The minimum absolute atomic E-state index is 0.193. The van der Waals surface area contributed by atoms with Gasteiger partial charge in [-0.05, 0) is 61.1 Å². The highest BCUT2D eigenvalue weighted by atomic mass is 32.2. The van der Waals surface area contributed by atoms with Crippen LogP contribution in [0.4, 0.5) is 11.4 Å². The molecule has 28 heavy (non-hydrogen) atoms. The number of fused-ring (bicyclic) bond motifs is 3. The number of rotatable bonds is 4. The largest absolute Gasteiger partial charge is 0.358 e. The number of aromatic amines is 1. The van der Waals surface area contributed by atoms with Crippen LogP contribution in [0, 0.1) is 5.92 Å². The number of aryl methyl sites for hydroxylation is 1. The van der Waals surface area contributed by atoms with Gasteiger partial charge in [-0.2, -0.15) is 0 Å². The number of amides is 1. The van der Waals surface area contributed by atoms with Gasteiger partial charge in [-0.25, -0.2) is 8.42 Å². The van der Waals surface area contributed by atoms with Gasteiger partial charge in [0, 0.05) is 22.5 Å². The molecule has 0 saturated carbocycles. The molecule has 3 N–H and O–H groups in total. The molecule has 146 valence electrons. The molecule has 4 rings (SSSR count). The summed E-state index contributed by atoms with van der Waals surface area (Å²) in [6.45, 7) is 2.26. The van der Waals surface area contributed by atoms with Crippen LogP contribution in [0.3, 0.4) is 0 Å². The summed E-state index contributed by atoms with van der Waals surface area (Å²) < 4.78 is 25.0. The highest BCUT2D eigenvalue weighted by molar-refractivity contribution is 7.92. The molecule has 1 unspecified atom stereocenters. The summed E-state index contributed by atoms with van der Waals surface area (Å²) in [5.41, 5.74) is 5.12. The van der Waals surface area contributed by atoms with Crippen molar-refractivity contribution in [3.05, 3.63) is 59.3 Å². The van der Waals surface area contributed by atoms with Crippen LogP contribution in [0.15, 0.2) is 42.5 Å². The topological polar surface area (TPSA) is 91.1 Å². The van der Waals surface area contributed by atoms with Crippen LogP contribution in [-0.4, -0.2) is 25.6 Å². The summed E-state index contributed by atoms with van der Waals surface area (Å²) in [6.07, 6.45) is 4.31. The van der Waals surface area contributed by atoms with E-state index in [4.69, 9.17) is 0 Å². The molecule has 0 aliphatic heterocycles. The molecule has 1 aliphatic rings. The normalized spacial score (nSPS) is 16.6. The lowest BCUT2D eigenvalue weighted by Crippen LogP contribution is -2.13. The molecule has 3 aromatic rings. The third kappa shape index (κ3) is 3.75. The molecule has 1 atom stereocenters.